The molecule has 1 aliphatic carbocycles. The van der Waals surface area contributed by atoms with E-state index in [4.69, 9.17) is 4.74 Å². The minimum atomic E-state index is 0.117. The van der Waals surface area contributed by atoms with Crippen LogP contribution in [0, 0.1) is 5.92 Å². The maximum atomic E-state index is 13.1. The van der Waals surface area contributed by atoms with Crippen LogP contribution >= 0.6 is 11.3 Å². The molecule has 0 spiro atoms. The summed E-state index contributed by atoms with van der Waals surface area (Å²) in [4.78, 5) is 19.9. The van der Waals surface area contributed by atoms with Crippen molar-refractivity contribution in [3.05, 3.63) is 35.3 Å². The van der Waals surface area contributed by atoms with Crippen LogP contribution in [0.4, 0.5) is 0 Å². The van der Waals surface area contributed by atoms with Gasteiger partial charge in [-0.2, -0.15) is 0 Å². The van der Waals surface area contributed by atoms with E-state index in [1.54, 1.807) is 11.3 Å². The van der Waals surface area contributed by atoms with E-state index in [-0.39, 0.29) is 12.0 Å². The molecule has 4 rings (SSSR count). The van der Waals surface area contributed by atoms with Crippen LogP contribution in [0.25, 0.3) is 10.6 Å². The number of amides is 1. The van der Waals surface area contributed by atoms with Gasteiger partial charge in [0.05, 0.1) is 6.10 Å². The third kappa shape index (κ3) is 4.03. The zero-order valence-corrected chi connectivity index (χ0v) is 17.0. The predicted octanol–water partition coefficient (Wildman–Crippen LogP) is 5.39. The number of hydrogen-bond donors (Lipinski definition) is 0. The summed E-state index contributed by atoms with van der Waals surface area (Å²) in [5, 5.41) is 2.81. The molecule has 1 amide bonds. The van der Waals surface area contributed by atoms with E-state index < -0.39 is 0 Å². The fourth-order valence-corrected chi connectivity index (χ4v) is 5.28. The van der Waals surface area contributed by atoms with Crippen molar-refractivity contribution in [3.8, 4) is 16.3 Å². The van der Waals surface area contributed by atoms with Gasteiger partial charge in [-0.1, -0.05) is 12.8 Å². The molecule has 5 heteroatoms. The molecule has 1 saturated carbocycles. The van der Waals surface area contributed by atoms with Gasteiger partial charge in [0.25, 0.3) is 5.91 Å². The summed E-state index contributed by atoms with van der Waals surface area (Å²) in [5.41, 5.74) is 1.63. The van der Waals surface area contributed by atoms with Gasteiger partial charge < -0.3 is 9.64 Å². The molecule has 0 radical (unpaired) electrons. The quantitative estimate of drug-likeness (QED) is 0.694. The molecule has 1 aromatic heterocycles. The molecule has 1 saturated heterocycles. The number of carbonyl (C=O) groups excluding carboxylic acids is 1. The highest BCUT2D eigenvalue weighted by Crippen LogP contribution is 2.36. The summed E-state index contributed by atoms with van der Waals surface area (Å²) >= 11 is 1.54. The Labute approximate surface area is 165 Å². The van der Waals surface area contributed by atoms with Crippen LogP contribution in [-0.2, 0) is 0 Å². The van der Waals surface area contributed by atoms with E-state index in [0.29, 0.717) is 17.7 Å². The van der Waals surface area contributed by atoms with Gasteiger partial charge in [0.2, 0.25) is 0 Å². The Morgan fingerprint density at radius 3 is 2.59 bits per heavy atom. The second-order valence-corrected chi connectivity index (χ2v) is 8.84. The van der Waals surface area contributed by atoms with Crippen LogP contribution < -0.4 is 4.74 Å². The molecule has 144 valence electrons. The molecule has 2 aliphatic rings. The molecule has 2 aromatic rings. The highest BCUT2D eigenvalue weighted by molar-refractivity contribution is 7.13. The standard InChI is InChI=1S/C22H28N2O2S/c1-15(2)26-18-11-9-17(10-12-18)21-23-19(14-27-21)22(25)24-13-5-8-20(24)16-6-3-4-7-16/h9-12,14-16,20H,3-8,13H2,1-2H3. The molecule has 0 N–H and O–H groups in total. The van der Waals surface area contributed by atoms with Crippen molar-refractivity contribution < 1.29 is 9.53 Å². The van der Waals surface area contributed by atoms with E-state index in [0.717, 1.165) is 35.7 Å². The zero-order valence-electron chi connectivity index (χ0n) is 16.2. The van der Waals surface area contributed by atoms with Crippen molar-refractivity contribution in [3.63, 3.8) is 0 Å². The molecule has 1 unspecified atom stereocenters. The fourth-order valence-electron chi connectivity index (χ4n) is 4.48. The predicted molar refractivity (Wildman–Crippen MR) is 109 cm³/mol. The molecule has 1 atom stereocenters. The second kappa shape index (κ2) is 8.01. The Kier molecular flexibility index (Phi) is 5.48. The van der Waals surface area contributed by atoms with E-state index in [1.165, 1.54) is 25.7 Å². The Morgan fingerprint density at radius 2 is 1.89 bits per heavy atom. The minimum Gasteiger partial charge on any atom is -0.491 e. The summed E-state index contributed by atoms with van der Waals surface area (Å²) < 4.78 is 5.70. The lowest BCUT2D eigenvalue weighted by molar-refractivity contribution is 0.0684. The zero-order chi connectivity index (χ0) is 18.8. The summed E-state index contributed by atoms with van der Waals surface area (Å²) in [6.07, 6.45) is 7.64. The van der Waals surface area contributed by atoms with Gasteiger partial charge >= 0.3 is 0 Å². The molecule has 27 heavy (non-hydrogen) atoms. The summed E-state index contributed by atoms with van der Waals surface area (Å²) in [7, 11) is 0. The number of carbonyl (C=O) groups is 1. The molecule has 2 fully saturated rings. The number of thiazole rings is 1. The van der Waals surface area contributed by atoms with Crippen LogP contribution in [0.5, 0.6) is 5.75 Å². The maximum absolute atomic E-state index is 13.1. The van der Waals surface area contributed by atoms with E-state index >= 15 is 0 Å². The highest BCUT2D eigenvalue weighted by Gasteiger charge is 2.36. The van der Waals surface area contributed by atoms with Crippen molar-refractivity contribution in [2.45, 2.75) is 64.5 Å². The number of likely N-dealkylation sites (tertiary alicyclic amines) is 1. The maximum Gasteiger partial charge on any atom is 0.273 e. The van der Waals surface area contributed by atoms with Gasteiger partial charge in [-0.05, 0) is 69.7 Å². The lowest BCUT2D eigenvalue weighted by atomic mass is 9.96. The first-order valence-corrected chi connectivity index (χ1v) is 11.0. The van der Waals surface area contributed by atoms with Crippen LogP contribution in [0.15, 0.2) is 29.6 Å². The SMILES string of the molecule is CC(C)Oc1ccc(-c2nc(C(=O)N3CCCC3C3CCCC3)cs2)cc1. The van der Waals surface area contributed by atoms with Gasteiger partial charge in [0.15, 0.2) is 0 Å². The monoisotopic (exact) mass is 384 g/mol. The Bertz CT molecular complexity index is 778. The largest absolute Gasteiger partial charge is 0.491 e. The molecular weight excluding hydrogens is 356 g/mol. The lowest BCUT2D eigenvalue weighted by Gasteiger charge is -2.28. The Morgan fingerprint density at radius 1 is 1.15 bits per heavy atom. The molecule has 2 heterocycles. The van der Waals surface area contributed by atoms with E-state index in [1.807, 2.05) is 43.5 Å². The van der Waals surface area contributed by atoms with Crippen molar-refractivity contribution in [1.29, 1.82) is 0 Å². The van der Waals surface area contributed by atoms with Crippen molar-refractivity contribution in [1.82, 2.24) is 9.88 Å². The Hall–Kier alpha value is -1.88. The van der Waals surface area contributed by atoms with Gasteiger partial charge in [-0.15, -0.1) is 11.3 Å². The van der Waals surface area contributed by atoms with Gasteiger partial charge in [-0.25, -0.2) is 4.98 Å². The number of aromatic nitrogens is 1. The van der Waals surface area contributed by atoms with E-state index in [2.05, 4.69) is 9.88 Å². The number of rotatable bonds is 5. The summed E-state index contributed by atoms with van der Waals surface area (Å²) in [6.45, 7) is 4.92. The van der Waals surface area contributed by atoms with Gasteiger partial charge in [0, 0.05) is 23.5 Å². The van der Waals surface area contributed by atoms with Gasteiger partial charge in [-0.3, -0.25) is 4.79 Å². The van der Waals surface area contributed by atoms with Crippen molar-refractivity contribution in [2.24, 2.45) is 5.92 Å². The number of nitrogens with zero attached hydrogens (tertiary/aromatic N) is 2. The number of hydrogen-bond acceptors (Lipinski definition) is 4. The minimum absolute atomic E-state index is 0.117. The summed E-state index contributed by atoms with van der Waals surface area (Å²) in [6, 6.07) is 8.39. The lowest BCUT2D eigenvalue weighted by Crippen LogP contribution is -2.39. The molecule has 1 aromatic carbocycles. The summed E-state index contributed by atoms with van der Waals surface area (Å²) in [5.74, 6) is 1.67. The molecular formula is C22H28N2O2S. The fraction of sp³-hybridized carbons (Fsp3) is 0.545. The second-order valence-electron chi connectivity index (χ2n) is 7.98. The first kappa shape index (κ1) is 18.5. The highest BCUT2D eigenvalue weighted by atomic mass is 32.1. The van der Waals surface area contributed by atoms with E-state index in [9.17, 15) is 4.79 Å². The molecule has 4 nitrogen and oxygen atoms in total. The average molecular weight is 385 g/mol. The number of ether oxygens (including phenoxy) is 1. The van der Waals surface area contributed by atoms with Crippen molar-refractivity contribution in [2.75, 3.05) is 6.54 Å². The first-order valence-electron chi connectivity index (χ1n) is 10.2. The van der Waals surface area contributed by atoms with Gasteiger partial charge in [0.1, 0.15) is 16.5 Å². The van der Waals surface area contributed by atoms with Crippen LogP contribution in [0.3, 0.4) is 0 Å². The first-order chi connectivity index (χ1) is 13.1. The average Bonchev–Trinajstić information content (AvgIpc) is 3.41. The number of benzene rings is 1. The van der Waals surface area contributed by atoms with Crippen LogP contribution in [-0.4, -0.2) is 34.5 Å². The Balaban J connectivity index is 1.47. The van der Waals surface area contributed by atoms with Crippen LogP contribution in [0.1, 0.15) is 62.9 Å². The third-order valence-corrected chi connectivity index (χ3v) is 6.59. The van der Waals surface area contributed by atoms with Crippen molar-refractivity contribution >= 4 is 17.2 Å². The normalized spacial score (nSPS) is 20.6. The molecule has 1 aliphatic heterocycles. The third-order valence-electron chi connectivity index (χ3n) is 5.70. The topological polar surface area (TPSA) is 42.4 Å². The van der Waals surface area contributed by atoms with Crippen LogP contribution in [0.2, 0.25) is 0 Å². The molecule has 0 bridgehead atoms. The smallest absolute Gasteiger partial charge is 0.273 e.